The van der Waals surface area contributed by atoms with E-state index in [2.05, 4.69) is 17.9 Å². The summed E-state index contributed by atoms with van der Waals surface area (Å²) in [5, 5.41) is 33.9. The molecule has 3 rings (SSSR count). The largest absolute Gasteiger partial charge is 0.478 e. The number of benzene rings is 2. The first-order chi connectivity index (χ1) is 13.7. The van der Waals surface area contributed by atoms with E-state index < -0.39 is 23.9 Å². The standard InChI is InChI=1S/2C8H6O4.C2H4O.C2H4/c2*9-7(10)5-1-2-6(4-3-5)8(11)12;1-2-3-1;1-2/h2*1-4H,(H,9,10)(H,11,12);1-2H2;1-2H2. The number of carboxylic acids is 4. The van der Waals surface area contributed by atoms with E-state index in [1.165, 1.54) is 48.5 Å². The zero-order valence-corrected chi connectivity index (χ0v) is 15.3. The molecule has 2 aromatic rings. The summed E-state index contributed by atoms with van der Waals surface area (Å²) in [6, 6.07) is 10.0. The van der Waals surface area contributed by atoms with Crippen LogP contribution in [0.5, 0.6) is 0 Å². The molecule has 1 aliphatic rings. The van der Waals surface area contributed by atoms with Crippen LogP contribution in [0.2, 0.25) is 0 Å². The van der Waals surface area contributed by atoms with Gasteiger partial charge in [0.2, 0.25) is 0 Å². The van der Waals surface area contributed by atoms with Crippen LogP contribution in [0.3, 0.4) is 0 Å². The van der Waals surface area contributed by atoms with Crippen molar-refractivity contribution in [3.63, 3.8) is 0 Å². The highest BCUT2D eigenvalue weighted by Gasteiger charge is 2.05. The Hall–Kier alpha value is -3.98. The van der Waals surface area contributed by atoms with Crippen molar-refractivity contribution in [2.45, 2.75) is 0 Å². The minimum atomic E-state index is -1.06. The summed E-state index contributed by atoms with van der Waals surface area (Å²) in [4.78, 5) is 41.3. The molecule has 0 aliphatic carbocycles. The van der Waals surface area contributed by atoms with Crippen LogP contribution in [0.4, 0.5) is 0 Å². The maximum atomic E-state index is 10.3. The van der Waals surface area contributed by atoms with Crippen LogP contribution in [-0.4, -0.2) is 57.5 Å². The molecule has 154 valence electrons. The number of rotatable bonds is 4. The highest BCUT2D eigenvalue weighted by atomic mass is 16.6. The fourth-order valence-electron chi connectivity index (χ4n) is 1.51. The van der Waals surface area contributed by atoms with E-state index >= 15 is 0 Å². The summed E-state index contributed by atoms with van der Waals surface area (Å²) in [6.07, 6.45) is 0. The van der Waals surface area contributed by atoms with Gasteiger partial charge in [-0.05, 0) is 48.5 Å². The predicted molar refractivity (Wildman–Crippen MR) is 103 cm³/mol. The second-order valence-corrected chi connectivity index (χ2v) is 4.99. The van der Waals surface area contributed by atoms with Crippen molar-refractivity contribution in [2.24, 2.45) is 0 Å². The van der Waals surface area contributed by atoms with Gasteiger partial charge < -0.3 is 25.2 Å². The monoisotopic (exact) mass is 404 g/mol. The van der Waals surface area contributed by atoms with Crippen LogP contribution in [0.25, 0.3) is 0 Å². The van der Waals surface area contributed by atoms with Crippen molar-refractivity contribution in [3.05, 3.63) is 83.9 Å². The molecule has 4 N–H and O–H groups in total. The molecule has 29 heavy (non-hydrogen) atoms. The van der Waals surface area contributed by atoms with Gasteiger partial charge in [0.1, 0.15) is 0 Å². The van der Waals surface area contributed by atoms with Gasteiger partial charge in [0.05, 0.1) is 35.5 Å². The van der Waals surface area contributed by atoms with Crippen LogP contribution >= 0.6 is 0 Å². The Morgan fingerprint density at radius 3 is 0.759 bits per heavy atom. The molecule has 1 heterocycles. The summed E-state index contributed by atoms with van der Waals surface area (Å²) < 4.78 is 4.50. The second kappa shape index (κ2) is 13.2. The molecule has 0 unspecified atom stereocenters. The van der Waals surface area contributed by atoms with Gasteiger partial charge in [-0.2, -0.15) is 0 Å². The van der Waals surface area contributed by atoms with E-state index in [-0.39, 0.29) is 22.3 Å². The van der Waals surface area contributed by atoms with Crippen LogP contribution in [-0.2, 0) is 4.74 Å². The van der Waals surface area contributed by atoms with Gasteiger partial charge in [-0.15, -0.1) is 13.2 Å². The molecule has 0 spiro atoms. The summed E-state index contributed by atoms with van der Waals surface area (Å²) in [5.41, 5.74) is 0.333. The quantitative estimate of drug-likeness (QED) is 0.443. The molecule has 0 amide bonds. The maximum absolute atomic E-state index is 10.3. The lowest BCUT2D eigenvalue weighted by Gasteiger charge is -1.94. The van der Waals surface area contributed by atoms with Gasteiger partial charge in [0.25, 0.3) is 0 Å². The second-order valence-electron chi connectivity index (χ2n) is 4.99. The molecular formula is C20H20O9. The highest BCUT2D eigenvalue weighted by molar-refractivity contribution is 5.92. The topological polar surface area (TPSA) is 162 Å². The van der Waals surface area contributed by atoms with Gasteiger partial charge in [-0.1, -0.05) is 0 Å². The van der Waals surface area contributed by atoms with Crippen molar-refractivity contribution in [3.8, 4) is 0 Å². The Balaban J connectivity index is 0.000000438. The van der Waals surface area contributed by atoms with Gasteiger partial charge in [-0.3, -0.25) is 0 Å². The molecule has 0 atom stereocenters. The molecule has 2 aromatic carbocycles. The van der Waals surface area contributed by atoms with Crippen LogP contribution in [0, 0.1) is 0 Å². The molecule has 0 radical (unpaired) electrons. The fraction of sp³-hybridized carbons (Fsp3) is 0.100. The van der Waals surface area contributed by atoms with Gasteiger partial charge in [-0.25, -0.2) is 19.2 Å². The van der Waals surface area contributed by atoms with E-state index in [0.717, 1.165) is 13.2 Å². The number of epoxide rings is 1. The number of hydrogen-bond donors (Lipinski definition) is 4. The first-order valence-corrected chi connectivity index (χ1v) is 7.93. The summed E-state index contributed by atoms with van der Waals surface area (Å²) in [5.74, 6) is -4.25. The molecule has 1 saturated heterocycles. The number of hydrogen-bond acceptors (Lipinski definition) is 5. The third-order valence-corrected chi connectivity index (χ3v) is 2.96. The van der Waals surface area contributed by atoms with Crippen LogP contribution < -0.4 is 0 Å². The summed E-state index contributed by atoms with van der Waals surface area (Å²) in [7, 11) is 0. The third kappa shape index (κ3) is 10.7. The molecule has 9 heteroatoms. The molecular weight excluding hydrogens is 384 g/mol. The Labute approximate surface area is 166 Å². The Morgan fingerprint density at radius 1 is 0.552 bits per heavy atom. The number of aromatic carboxylic acids is 4. The van der Waals surface area contributed by atoms with E-state index in [1.807, 2.05) is 0 Å². The lowest BCUT2D eigenvalue weighted by molar-refractivity contribution is 0.0681. The van der Waals surface area contributed by atoms with Gasteiger partial charge >= 0.3 is 23.9 Å². The smallest absolute Gasteiger partial charge is 0.335 e. The average Bonchev–Trinajstić information content (AvgIpc) is 3.59. The molecule has 0 bridgehead atoms. The SMILES string of the molecule is C1CO1.C=C.O=C(O)c1ccc(C(=O)O)cc1.O=C(O)c1ccc(C(=O)O)cc1. The van der Waals surface area contributed by atoms with Crippen molar-refractivity contribution in [1.29, 1.82) is 0 Å². The molecule has 1 fully saturated rings. The first-order valence-electron chi connectivity index (χ1n) is 7.93. The Bertz CT molecular complexity index is 686. The lowest BCUT2D eigenvalue weighted by Crippen LogP contribution is -1.99. The zero-order valence-electron chi connectivity index (χ0n) is 15.3. The van der Waals surface area contributed by atoms with E-state index in [0.29, 0.717) is 0 Å². The van der Waals surface area contributed by atoms with Gasteiger partial charge in [0.15, 0.2) is 0 Å². The zero-order chi connectivity index (χ0) is 22.4. The van der Waals surface area contributed by atoms with Crippen molar-refractivity contribution >= 4 is 23.9 Å². The van der Waals surface area contributed by atoms with Crippen molar-refractivity contribution in [2.75, 3.05) is 13.2 Å². The van der Waals surface area contributed by atoms with Crippen molar-refractivity contribution < 1.29 is 44.3 Å². The molecule has 0 aromatic heterocycles. The van der Waals surface area contributed by atoms with Gasteiger partial charge in [0, 0.05) is 0 Å². The molecule has 1 aliphatic heterocycles. The fourth-order valence-corrected chi connectivity index (χ4v) is 1.51. The minimum Gasteiger partial charge on any atom is -0.478 e. The number of carboxylic acid groups (broad SMARTS) is 4. The highest BCUT2D eigenvalue weighted by Crippen LogP contribution is 2.04. The average molecular weight is 404 g/mol. The summed E-state index contributed by atoms with van der Waals surface area (Å²) >= 11 is 0. The lowest BCUT2D eigenvalue weighted by atomic mass is 10.1. The first kappa shape index (κ1) is 25.0. The van der Waals surface area contributed by atoms with E-state index in [4.69, 9.17) is 20.4 Å². The molecule has 0 saturated carbocycles. The third-order valence-electron chi connectivity index (χ3n) is 2.96. The predicted octanol–water partition coefficient (Wildman–Crippen LogP) is 2.98. The number of ether oxygens (including phenoxy) is 1. The van der Waals surface area contributed by atoms with Crippen LogP contribution in [0.1, 0.15) is 41.4 Å². The Morgan fingerprint density at radius 2 is 0.690 bits per heavy atom. The summed E-state index contributed by atoms with van der Waals surface area (Å²) in [6.45, 7) is 8.00. The normalized spacial score (nSPS) is 10.3. The maximum Gasteiger partial charge on any atom is 0.335 e. The van der Waals surface area contributed by atoms with E-state index in [9.17, 15) is 19.2 Å². The number of carbonyl (C=O) groups is 4. The van der Waals surface area contributed by atoms with Crippen LogP contribution in [0.15, 0.2) is 61.7 Å². The molecule has 9 nitrogen and oxygen atoms in total. The van der Waals surface area contributed by atoms with Crippen molar-refractivity contribution in [1.82, 2.24) is 0 Å². The minimum absolute atomic E-state index is 0.0833. The Kier molecular flexibility index (Phi) is 11.4. The van der Waals surface area contributed by atoms with E-state index in [1.54, 1.807) is 0 Å².